The molecule has 0 saturated heterocycles. The molecule has 3 aromatic rings. The monoisotopic (exact) mass is 542 g/mol. The molecule has 2 atom stereocenters. The van der Waals surface area contributed by atoms with Crippen molar-refractivity contribution in [2.24, 2.45) is 0 Å². The molecule has 0 radical (unpaired) electrons. The van der Waals surface area contributed by atoms with E-state index in [0.29, 0.717) is 12.8 Å². The largest absolute Gasteiger partial charge is 0.481 e. The highest BCUT2D eigenvalue weighted by Crippen LogP contribution is 2.44. The number of carboxylic acid groups (broad SMARTS) is 1. The Balaban J connectivity index is 1.28. The number of alkyl carbamates (subject to hydrolysis) is 1. The van der Waals surface area contributed by atoms with Gasteiger partial charge in [-0.3, -0.25) is 9.59 Å². The first-order chi connectivity index (χ1) is 19.3. The molecule has 2 unspecified atom stereocenters. The Morgan fingerprint density at radius 3 is 2.10 bits per heavy atom. The predicted octanol–water partition coefficient (Wildman–Crippen LogP) is 5.01. The molecular weight excluding hydrogens is 508 g/mol. The molecule has 2 aliphatic rings. The van der Waals surface area contributed by atoms with Gasteiger partial charge < -0.3 is 25.2 Å². The topological polar surface area (TPSA) is 114 Å². The van der Waals surface area contributed by atoms with Gasteiger partial charge in [-0.25, -0.2) is 4.79 Å². The number of aliphatic carboxylic acids is 1. The summed E-state index contributed by atoms with van der Waals surface area (Å²) in [6.45, 7) is 2.07. The van der Waals surface area contributed by atoms with E-state index in [4.69, 9.17) is 9.47 Å². The number of hydrogen-bond acceptors (Lipinski definition) is 5. The Morgan fingerprint density at radius 2 is 1.52 bits per heavy atom. The third-order valence-electron chi connectivity index (χ3n) is 7.91. The number of nitrogens with one attached hydrogen (secondary N) is 2. The van der Waals surface area contributed by atoms with Gasteiger partial charge in [-0.2, -0.15) is 0 Å². The number of fused-ring (bicyclic) bond motifs is 3. The number of benzene rings is 3. The number of carboxylic acids is 1. The number of ether oxygens (including phenoxy) is 2. The molecule has 2 amide bonds. The maximum atomic E-state index is 13.5. The van der Waals surface area contributed by atoms with E-state index in [1.165, 1.54) is 0 Å². The van der Waals surface area contributed by atoms with Gasteiger partial charge in [-0.15, -0.1) is 0 Å². The van der Waals surface area contributed by atoms with E-state index in [0.717, 1.165) is 34.2 Å². The van der Waals surface area contributed by atoms with Crippen molar-refractivity contribution in [1.82, 2.24) is 10.6 Å². The van der Waals surface area contributed by atoms with Crippen molar-refractivity contribution in [2.75, 3.05) is 6.61 Å². The highest BCUT2D eigenvalue weighted by molar-refractivity contribution is 5.87. The first-order valence-corrected chi connectivity index (χ1v) is 13.7. The minimum Gasteiger partial charge on any atom is -0.481 e. The van der Waals surface area contributed by atoms with Crippen LogP contribution in [0.1, 0.15) is 55.2 Å². The fraction of sp³-hybridized carbons (Fsp3) is 0.344. The van der Waals surface area contributed by atoms with E-state index in [1.54, 1.807) is 6.92 Å². The molecule has 8 heteroatoms. The summed E-state index contributed by atoms with van der Waals surface area (Å²) in [6.07, 6.45) is 0.359. The van der Waals surface area contributed by atoms with Crippen molar-refractivity contribution < 1.29 is 29.0 Å². The summed E-state index contributed by atoms with van der Waals surface area (Å²) in [5, 5.41) is 15.0. The Bertz CT molecular complexity index is 1330. The number of rotatable bonds is 11. The van der Waals surface area contributed by atoms with Crippen LogP contribution in [0.3, 0.4) is 0 Å². The second-order valence-corrected chi connectivity index (χ2v) is 10.6. The standard InChI is InChI=1S/C32H34N2O6/c1-21(39-19-22-10-3-2-4-11-22)29(30(37)34-32(16-9-17-32)18-28(35)36)33-31(38)40-20-27-25-14-7-5-12-23(25)24-13-6-8-15-26(24)27/h2-8,10-15,21,27,29H,9,16-20H2,1H3,(H,33,38)(H,34,37)(H,35,36). The summed E-state index contributed by atoms with van der Waals surface area (Å²) >= 11 is 0. The van der Waals surface area contributed by atoms with Gasteiger partial charge in [0.15, 0.2) is 0 Å². The second kappa shape index (κ2) is 11.9. The third kappa shape index (κ3) is 6.02. The molecule has 0 spiro atoms. The van der Waals surface area contributed by atoms with Crippen LogP contribution in [0.15, 0.2) is 78.9 Å². The second-order valence-electron chi connectivity index (χ2n) is 10.6. The minimum atomic E-state index is -1.08. The maximum Gasteiger partial charge on any atom is 0.407 e. The molecule has 5 rings (SSSR count). The molecule has 0 bridgehead atoms. The van der Waals surface area contributed by atoms with Crippen LogP contribution in [0, 0.1) is 0 Å². The molecule has 8 nitrogen and oxygen atoms in total. The summed E-state index contributed by atoms with van der Waals surface area (Å²) in [5.41, 5.74) is 4.53. The lowest BCUT2D eigenvalue weighted by Gasteiger charge is -2.42. The van der Waals surface area contributed by atoms with Gasteiger partial charge in [0.1, 0.15) is 12.6 Å². The quantitative estimate of drug-likeness (QED) is 0.314. The average molecular weight is 543 g/mol. The average Bonchev–Trinajstić information content (AvgIpc) is 3.26. The number of amides is 2. The number of carbonyl (C=O) groups is 3. The molecule has 0 heterocycles. The lowest BCUT2D eigenvalue weighted by Crippen LogP contribution is -2.61. The molecule has 1 fully saturated rings. The van der Waals surface area contributed by atoms with Gasteiger partial charge in [0.2, 0.25) is 5.91 Å². The fourth-order valence-electron chi connectivity index (χ4n) is 5.64. The molecule has 208 valence electrons. The minimum absolute atomic E-state index is 0.108. The molecular formula is C32H34N2O6. The van der Waals surface area contributed by atoms with E-state index in [9.17, 15) is 19.5 Å². The lowest BCUT2D eigenvalue weighted by atomic mass is 9.74. The van der Waals surface area contributed by atoms with Gasteiger partial charge in [0, 0.05) is 5.92 Å². The highest BCUT2D eigenvalue weighted by atomic mass is 16.5. The van der Waals surface area contributed by atoms with Crippen LogP contribution in [0.5, 0.6) is 0 Å². The highest BCUT2D eigenvalue weighted by Gasteiger charge is 2.43. The number of hydrogen-bond donors (Lipinski definition) is 3. The van der Waals surface area contributed by atoms with Crippen LogP contribution < -0.4 is 10.6 Å². The molecule has 0 aliphatic heterocycles. The summed E-state index contributed by atoms with van der Waals surface area (Å²) in [5.74, 6) is -1.59. The zero-order valence-corrected chi connectivity index (χ0v) is 22.5. The van der Waals surface area contributed by atoms with E-state index >= 15 is 0 Å². The van der Waals surface area contributed by atoms with Crippen LogP contribution >= 0.6 is 0 Å². The Hall–Kier alpha value is -4.17. The summed E-state index contributed by atoms with van der Waals surface area (Å²) in [4.78, 5) is 38.0. The molecule has 2 aliphatic carbocycles. The number of carbonyl (C=O) groups excluding carboxylic acids is 2. The molecule has 3 N–H and O–H groups in total. The molecule has 1 saturated carbocycles. The van der Waals surface area contributed by atoms with Gasteiger partial charge in [-0.1, -0.05) is 78.9 Å². The normalized spacial score (nSPS) is 16.5. The van der Waals surface area contributed by atoms with E-state index in [-0.39, 0.29) is 25.6 Å². The maximum absolute atomic E-state index is 13.5. The van der Waals surface area contributed by atoms with Gasteiger partial charge in [0.05, 0.1) is 24.7 Å². The summed E-state index contributed by atoms with van der Waals surface area (Å²) in [7, 11) is 0. The fourth-order valence-corrected chi connectivity index (χ4v) is 5.64. The van der Waals surface area contributed by atoms with Crippen molar-refractivity contribution in [3.8, 4) is 11.1 Å². The molecule has 0 aromatic heterocycles. The van der Waals surface area contributed by atoms with Gasteiger partial charge >= 0.3 is 12.1 Å². The van der Waals surface area contributed by atoms with Gasteiger partial charge in [0.25, 0.3) is 0 Å². The van der Waals surface area contributed by atoms with Crippen LogP contribution in [-0.4, -0.2) is 47.4 Å². The van der Waals surface area contributed by atoms with E-state index < -0.39 is 35.7 Å². The smallest absolute Gasteiger partial charge is 0.407 e. The molecule has 40 heavy (non-hydrogen) atoms. The van der Waals surface area contributed by atoms with Gasteiger partial charge in [-0.05, 0) is 54.0 Å². The van der Waals surface area contributed by atoms with Crippen LogP contribution in [-0.2, 0) is 25.7 Å². The SMILES string of the molecule is CC(OCc1ccccc1)C(NC(=O)OCC1c2ccccc2-c2ccccc21)C(=O)NC1(CC(=O)O)CCC1. The van der Waals surface area contributed by atoms with Crippen LogP contribution in [0.25, 0.3) is 11.1 Å². The first-order valence-electron chi connectivity index (χ1n) is 13.7. The zero-order valence-electron chi connectivity index (χ0n) is 22.5. The van der Waals surface area contributed by atoms with Crippen molar-refractivity contribution >= 4 is 18.0 Å². The summed E-state index contributed by atoms with van der Waals surface area (Å²) < 4.78 is 11.7. The molecule has 3 aromatic carbocycles. The first kappa shape index (κ1) is 27.4. The van der Waals surface area contributed by atoms with Crippen molar-refractivity contribution in [3.05, 3.63) is 95.6 Å². The Morgan fingerprint density at radius 1 is 0.925 bits per heavy atom. The summed E-state index contributed by atoms with van der Waals surface area (Å²) in [6, 6.07) is 24.6. The van der Waals surface area contributed by atoms with Crippen molar-refractivity contribution in [3.63, 3.8) is 0 Å². The zero-order chi connectivity index (χ0) is 28.1. The predicted molar refractivity (Wildman–Crippen MR) is 150 cm³/mol. The van der Waals surface area contributed by atoms with Crippen molar-refractivity contribution in [2.45, 2.75) is 62.8 Å². The van der Waals surface area contributed by atoms with Crippen LogP contribution in [0.4, 0.5) is 4.79 Å². The van der Waals surface area contributed by atoms with E-state index in [2.05, 4.69) is 22.8 Å². The third-order valence-corrected chi connectivity index (χ3v) is 7.91. The van der Waals surface area contributed by atoms with Crippen LogP contribution in [0.2, 0.25) is 0 Å². The lowest BCUT2D eigenvalue weighted by molar-refractivity contribution is -0.141. The van der Waals surface area contributed by atoms with E-state index in [1.807, 2.05) is 66.7 Å². The Kier molecular flexibility index (Phi) is 8.16. The Labute approximate surface area is 233 Å². The van der Waals surface area contributed by atoms with Crippen molar-refractivity contribution in [1.29, 1.82) is 0 Å².